The van der Waals surface area contributed by atoms with Crippen LogP contribution in [0.3, 0.4) is 0 Å². The summed E-state index contributed by atoms with van der Waals surface area (Å²) < 4.78 is 6.61. The molecule has 0 aliphatic rings. The number of rotatable bonds is 4. The molecule has 21 heavy (non-hydrogen) atoms. The Bertz CT molecular complexity index is 743. The zero-order chi connectivity index (χ0) is 15.4. The maximum Gasteiger partial charge on any atom is 0.412 e. The molecule has 1 aromatic heterocycles. The molecule has 0 saturated heterocycles. The molecule has 2 N–H and O–H groups in total. The minimum Gasteiger partial charge on any atom is -0.450 e. The van der Waals surface area contributed by atoms with E-state index in [4.69, 9.17) is 4.74 Å². The second kappa shape index (κ2) is 6.05. The van der Waals surface area contributed by atoms with Crippen molar-refractivity contribution in [1.82, 2.24) is 4.57 Å². The molecule has 0 spiro atoms. The lowest BCUT2D eigenvalue weighted by molar-refractivity contribution is -0.379. The second-order valence-corrected chi connectivity index (χ2v) is 4.26. The van der Waals surface area contributed by atoms with Gasteiger partial charge in [-0.1, -0.05) is 0 Å². The normalized spacial score (nSPS) is 10.1. The number of hydrogen-bond donors (Lipinski definition) is 2. The first kappa shape index (κ1) is 14.5. The number of carbonyl (C=O) groups excluding carboxylic acids is 1. The zero-order valence-corrected chi connectivity index (χ0v) is 11.8. The van der Waals surface area contributed by atoms with Crippen molar-refractivity contribution >= 4 is 28.5 Å². The quantitative estimate of drug-likeness (QED) is 0.891. The number of fused-ring (bicyclic) bond motifs is 1. The minimum absolute atomic E-state index is 0.240. The predicted octanol–water partition coefficient (Wildman–Crippen LogP) is 1.58. The average molecular weight is 287 g/mol. The summed E-state index contributed by atoms with van der Waals surface area (Å²) in [7, 11) is 0. The van der Waals surface area contributed by atoms with Crippen LogP contribution in [0.25, 0.3) is 10.9 Å². The van der Waals surface area contributed by atoms with Gasteiger partial charge in [-0.05, 0) is 19.9 Å². The molecule has 1 heterocycles. The molecular weight excluding hydrogens is 272 g/mol. The van der Waals surface area contributed by atoms with Crippen LogP contribution in [0.2, 0.25) is 0 Å². The minimum atomic E-state index is -0.617. The highest BCUT2D eigenvalue weighted by Gasteiger charge is 2.20. The fourth-order valence-electron chi connectivity index (χ4n) is 2.25. The number of nitroso groups, excluding NO2 is 1. The number of hydrogen-bond acceptors (Lipinski definition) is 4. The van der Waals surface area contributed by atoms with Gasteiger partial charge in [0.25, 0.3) is 5.69 Å². The third-order valence-electron chi connectivity index (χ3n) is 3.11. The maximum absolute atomic E-state index is 11.6. The zero-order valence-electron chi connectivity index (χ0n) is 11.8. The Morgan fingerprint density at radius 2 is 2.24 bits per heavy atom. The summed E-state index contributed by atoms with van der Waals surface area (Å²) in [6, 6.07) is 7.00. The van der Waals surface area contributed by atoms with Crippen LogP contribution in [0.15, 0.2) is 18.2 Å². The van der Waals surface area contributed by atoms with E-state index in [0.717, 1.165) is 0 Å². The fraction of sp³-hybridized carbons (Fsp3) is 0.286. The third-order valence-corrected chi connectivity index (χ3v) is 3.11. The van der Waals surface area contributed by atoms with Crippen molar-refractivity contribution < 1.29 is 14.7 Å². The highest BCUT2D eigenvalue weighted by molar-refractivity contribution is 5.98. The summed E-state index contributed by atoms with van der Waals surface area (Å²) >= 11 is 0. The Balaban J connectivity index is 2.65. The van der Waals surface area contributed by atoms with Crippen LogP contribution in [0.1, 0.15) is 19.4 Å². The van der Waals surface area contributed by atoms with E-state index in [-0.39, 0.29) is 6.61 Å². The van der Waals surface area contributed by atoms with E-state index in [2.05, 4.69) is 11.4 Å². The average Bonchev–Trinajstić information content (AvgIpc) is 2.78. The molecule has 1 amide bonds. The molecule has 0 aliphatic carbocycles. The van der Waals surface area contributed by atoms with Gasteiger partial charge in [0.15, 0.2) is 0 Å². The predicted molar refractivity (Wildman–Crippen MR) is 77.0 cm³/mol. The molecule has 7 nitrogen and oxygen atoms in total. The van der Waals surface area contributed by atoms with Crippen molar-refractivity contribution in [3.63, 3.8) is 0 Å². The number of aryl methyl sites for hydroxylation is 1. The molecule has 0 bridgehead atoms. The molecule has 2 rings (SSSR count). The highest BCUT2D eigenvalue weighted by atomic mass is 16.5. The van der Waals surface area contributed by atoms with E-state index in [1.54, 1.807) is 29.7 Å². The van der Waals surface area contributed by atoms with Crippen LogP contribution in [0.4, 0.5) is 16.3 Å². The first-order valence-electron chi connectivity index (χ1n) is 6.54. The third kappa shape index (κ3) is 2.56. The number of carbonyl (C=O) groups is 1. The van der Waals surface area contributed by atoms with Crippen molar-refractivity contribution in [3.05, 3.63) is 28.7 Å². The van der Waals surface area contributed by atoms with Crippen LogP contribution in [0, 0.1) is 16.2 Å². The van der Waals surface area contributed by atoms with Gasteiger partial charge in [0, 0.05) is 34.1 Å². The fourth-order valence-corrected chi connectivity index (χ4v) is 2.25. The van der Waals surface area contributed by atoms with Crippen LogP contribution in [0.5, 0.6) is 0 Å². The van der Waals surface area contributed by atoms with Crippen molar-refractivity contribution in [3.8, 4) is 6.07 Å². The van der Waals surface area contributed by atoms with Crippen molar-refractivity contribution in [2.45, 2.75) is 20.4 Å². The van der Waals surface area contributed by atoms with E-state index >= 15 is 0 Å². The van der Waals surface area contributed by atoms with Crippen molar-refractivity contribution in [2.24, 2.45) is 0 Å². The van der Waals surface area contributed by atoms with Gasteiger partial charge in [0.2, 0.25) is 0 Å². The van der Waals surface area contributed by atoms with Gasteiger partial charge in [0.1, 0.15) is 17.5 Å². The summed E-state index contributed by atoms with van der Waals surface area (Å²) in [5, 5.41) is 14.4. The first-order chi connectivity index (χ1) is 10.2. The molecule has 2 aromatic rings. The molecule has 0 unspecified atom stereocenters. The van der Waals surface area contributed by atoms with Gasteiger partial charge < -0.3 is 9.30 Å². The number of benzene rings is 1. The van der Waals surface area contributed by atoms with Crippen molar-refractivity contribution in [1.29, 1.82) is 5.26 Å². The summed E-state index contributed by atoms with van der Waals surface area (Å²) in [5.74, 6) is 0.372. The van der Waals surface area contributed by atoms with E-state index in [1.807, 2.05) is 12.1 Å². The number of nitriles is 1. The summed E-state index contributed by atoms with van der Waals surface area (Å²) in [4.78, 5) is 22.4. The molecule has 0 saturated carbocycles. The number of ether oxygens (including phenoxy) is 1. The second-order valence-electron chi connectivity index (χ2n) is 4.26. The standard InChI is InChI=1S/C14H14N4O3/c1-3-18-12-7-9(17-20)5-6-10(12)11(8-15)13(18)16-14(19)21-4-2/h5-7H,3-4H2,1-2H3,(H,16,19)/p+1. The molecule has 1 aromatic carbocycles. The Labute approximate surface area is 121 Å². The first-order valence-corrected chi connectivity index (χ1v) is 6.54. The Hall–Kier alpha value is -2.88. The molecule has 0 atom stereocenters. The Morgan fingerprint density at radius 1 is 1.48 bits per heavy atom. The van der Waals surface area contributed by atoms with E-state index in [0.29, 0.717) is 34.5 Å². The van der Waals surface area contributed by atoms with Gasteiger partial charge >= 0.3 is 6.09 Å². The van der Waals surface area contributed by atoms with E-state index in [9.17, 15) is 15.0 Å². The lowest BCUT2D eigenvalue weighted by Gasteiger charge is -2.09. The largest absolute Gasteiger partial charge is 0.450 e. The monoisotopic (exact) mass is 287 g/mol. The van der Waals surface area contributed by atoms with Gasteiger partial charge in [0.05, 0.1) is 12.1 Å². The van der Waals surface area contributed by atoms with Crippen LogP contribution >= 0.6 is 0 Å². The lowest BCUT2D eigenvalue weighted by atomic mass is 10.1. The summed E-state index contributed by atoms with van der Waals surface area (Å²) in [5.41, 5.74) is 1.43. The molecule has 0 fully saturated rings. The SMILES string of the molecule is CCOC(=O)Nc1c(C#N)c2ccc([NH+]=O)cc2n1CC. The van der Waals surface area contributed by atoms with Gasteiger partial charge in [-0.2, -0.15) is 5.26 Å². The maximum atomic E-state index is 11.6. The smallest absolute Gasteiger partial charge is 0.412 e. The number of aromatic nitrogens is 1. The molecular formula is C14H15N4O3+. The summed E-state index contributed by atoms with van der Waals surface area (Å²) in [6.45, 7) is 4.35. The number of amides is 1. The highest BCUT2D eigenvalue weighted by Crippen LogP contribution is 2.31. The molecule has 0 radical (unpaired) electrons. The van der Waals surface area contributed by atoms with Crippen LogP contribution < -0.4 is 10.5 Å². The number of nitrogens with one attached hydrogen (secondary N) is 2. The van der Waals surface area contributed by atoms with E-state index < -0.39 is 6.09 Å². The topological polar surface area (TPSA) is 98.1 Å². The molecule has 108 valence electrons. The van der Waals surface area contributed by atoms with Crippen LogP contribution in [-0.4, -0.2) is 17.3 Å². The number of anilines is 1. The van der Waals surface area contributed by atoms with Gasteiger partial charge in [-0.15, -0.1) is 0 Å². The summed E-state index contributed by atoms with van der Waals surface area (Å²) in [6.07, 6.45) is -0.617. The number of nitrogens with zero attached hydrogens (tertiary/aromatic N) is 2. The Kier molecular flexibility index (Phi) is 4.18. The van der Waals surface area contributed by atoms with Crippen molar-refractivity contribution in [2.75, 3.05) is 11.9 Å². The molecule has 0 aliphatic heterocycles. The Morgan fingerprint density at radius 3 is 2.81 bits per heavy atom. The van der Waals surface area contributed by atoms with Crippen LogP contribution in [-0.2, 0) is 11.3 Å². The van der Waals surface area contributed by atoms with E-state index in [1.165, 1.54) is 0 Å². The molecule has 7 heteroatoms. The van der Waals surface area contributed by atoms with Gasteiger partial charge in [-0.25, -0.2) is 4.79 Å². The lowest BCUT2D eigenvalue weighted by Crippen LogP contribution is -2.55. The van der Waals surface area contributed by atoms with Gasteiger partial charge in [-0.3, -0.25) is 5.32 Å².